The monoisotopic (exact) mass is 469 g/mol. The number of aryl methyl sites for hydroxylation is 1. The SMILES string of the molecule is Cc1[nH]c2ccc(Cl)cc2c1CCNC(=S)Nc1ccc(I)cc1. The van der Waals surface area contributed by atoms with Crippen LogP contribution in [0.1, 0.15) is 11.3 Å². The number of aromatic amines is 1. The summed E-state index contributed by atoms with van der Waals surface area (Å²) in [5.41, 5.74) is 4.55. The maximum Gasteiger partial charge on any atom is 0.170 e. The van der Waals surface area contributed by atoms with E-state index in [0.717, 1.165) is 29.2 Å². The van der Waals surface area contributed by atoms with Gasteiger partial charge in [0.25, 0.3) is 0 Å². The Hall–Kier alpha value is -1.31. The normalized spacial score (nSPS) is 10.8. The van der Waals surface area contributed by atoms with E-state index in [2.05, 4.69) is 45.1 Å². The van der Waals surface area contributed by atoms with Crippen LogP contribution in [0.4, 0.5) is 5.69 Å². The van der Waals surface area contributed by atoms with Gasteiger partial charge in [-0.25, -0.2) is 0 Å². The first-order valence-corrected chi connectivity index (χ1v) is 9.46. The summed E-state index contributed by atoms with van der Waals surface area (Å²) < 4.78 is 1.20. The zero-order valence-electron chi connectivity index (χ0n) is 13.1. The van der Waals surface area contributed by atoms with Crippen LogP contribution < -0.4 is 10.6 Å². The van der Waals surface area contributed by atoms with Gasteiger partial charge in [0.2, 0.25) is 0 Å². The Morgan fingerprint density at radius 3 is 2.71 bits per heavy atom. The second-order valence-corrected chi connectivity index (χ2v) is 7.65. The van der Waals surface area contributed by atoms with Crippen LogP contribution in [-0.2, 0) is 6.42 Å². The van der Waals surface area contributed by atoms with Crippen molar-refractivity contribution in [3.8, 4) is 0 Å². The Labute approximate surface area is 165 Å². The molecule has 0 fully saturated rings. The van der Waals surface area contributed by atoms with Crippen LogP contribution in [0, 0.1) is 10.5 Å². The smallest absolute Gasteiger partial charge is 0.170 e. The zero-order chi connectivity index (χ0) is 17.1. The van der Waals surface area contributed by atoms with Gasteiger partial charge in [-0.1, -0.05) is 11.6 Å². The fraction of sp³-hybridized carbons (Fsp3) is 0.167. The van der Waals surface area contributed by atoms with E-state index in [4.69, 9.17) is 23.8 Å². The maximum atomic E-state index is 6.12. The molecule has 3 N–H and O–H groups in total. The Balaban J connectivity index is 1.60. The van der Waals surface area contributed by atoms with Crippen molar-refractivity contribution in [3.63, 3.8) is 0 Å². The summed E-state index contributed by atoms with van der Waals surface area (Å²) in [4.78, 5) is 3.40. The van der Waals surface area contributed by atoms with Crippen LogP contribution in [0.2, 0.25) is 5.02 Å². The minimum Gasteiger partial charge on any atom is -0.362 e. The standard InChI is InChI=1S/C18H17ClIN3S/c1-11-15(16-10-12(19)2-7-17(16)22-11)8-9-21-18(24)23-14-5-3-13(20)4-6-14/h2-7,10,22H,8-9H2,1H3,(H2,21,23,24). The number of fused-ring (bicyclic) bond motifs is 1. The molecule has 124 valence electrons. The van der Waals surface area contributed by atoms with Crippen LogP contribution in [0.25, 0.3) is 10.9 Å². The second kappa shape index (κ2) is 7.72. The van der Waals surface area contributed by atoms with Crippen molar-refractivity contribution in [1.82, 2.24) is 10.3 Å². The van der Waals surface area contributed by atoms with Crippen molar-refractivity contribution in [3.05, 3.63) is 62.3 Å². The summed E-state index contributed by atoms with van der Waals surface area (Å²) in [7, 11) is 0. The lowest BCUT2D eigenvalue weighted by atomic mass is 10.1. The summed E-state index contributed by atoms with van der Waals surface area (Å²) in [6.45, 7) is 2.85. The Morgan fingerprint density at radius 2 is 1.96 bits per heavy atom. The molecule has 0 atom stereocenters. The van der Waals surface area contributed by atoms with Crippen LogP contribution >= 0.6 is 46.4 Å². The molecule has 0 spiro atoms. The number of halogens is 2. The van der Waals surface area contributed by atoms with Crippen molar-refractivity contribution in [2.45, 2.75) is 13.3 Å². The molecule has 1 heterocycles. The van der Waals surface area contributed by atoms with Gasteiger partial charge in [-0.3, -0.25) is 0 Å². The Morgan fingerprint density at radius 1 is 1.21 bits per heavy atom. The second-order valence-electron chi connectivity index (χ2n) is 5.56. The summed E-state index contributed by atoms with van der Waals surface area (Å²) >= 11 is 13.8. The molecule has 0 aliphatic rings. The summed E-state index contributed by atoms with van der Waals surface area (Å²) in [6, 6.07) is 14.1. The lowest BCUT2D eigenvalue weighted by molar-refractivity contribution is 0.871. The number of hydrogen-bond acceptors (Lipinski definition) is 1. The van der Waals surface area contributed by atoms with Crippen molar-refractivity contribution >= 4 is 68.1 Å². The van der Waals surface area contributed by atoms with Gasteiger partial charge in [-0.15, -0.1) is 0 Å². The number of benzene rings is 2. The number of hydrogen-bond donors (Lipinski definition) is 3. The molecule has 3 aromatic rings. The fourth-order valence-corrected chi connectivity index (χ4v) is 3.44. The number of H-pyrrole nitrogens is 1. The average molecular weight is 470 g/mol. The summed E-state index contributed by atoms with van der Waals surface area (Å²) in [5, 5.41) is 9.03. The van der Waals surface area contributed by atoms with Gasteiger partial charge < -0.3 is 15.6 Å². The van der Waals surface area contributed by atoms with Crippen molar-refractivity contribution < 1.29 is 0 Å². The maximum absolute atomic E-state index is 6.12. The Bertz CT molecular complexity index is 874. The molecule has 2 aromatic carbocycles. The highest BCUT2D eigenvalue weighted by Crippen LogP contribution is 2.25. The molecule has 3 rings (SSSR count). The number of aromatic nitrogens is 1. The van der Waals surface area contributed by atoms with Gasteiger partial charge in [-0.05, 0) is 96.2 Å². The topological polar surface area (TPSA) is 39.9 Å². The van der Waals surface area contributed by atoms with Crippen LogP contribution in [0.15, 0.2) is 42.5 Å². The van der Waals surface area contributed by atoms with E-state index in [9.17, 15) is 0 Å². The van der Waals surface area contributed by atoms with E-state index < -0.39 is 0 Å². The molecule has 6 heteroatoms. The number of thiocarbonyl (C=S) groups is 1. The molecule has 0 saturated heterocycles. The van der Waals surface area contributed by atoms with E-state index in [1.165, 1.54) is 20.2 Å². The van der Waals surface area contributed by atoms with Gasteiger partial charge in [0, 0.05) is 37.4 Å². The predicted octanol–water partition coefficient (Wildman–Crippen LogP) is 5.26. The van der Waals surface area contributed by atoms with Crippen LogP contribution in [0.5, 0.6) is 0 Å². The lowest BCUT2D eigenvalue weighted by Crippen LogP contribution is -2.30. The number of anilines is 1. The molecule has 0 amide bonds. The minimum absolute atomic E-state index is 0.631. The van der Waals surface area contributed by atoms with E-state index in [0.29, 0.717) is 5.11 Å². The van der Waals surface area contributed by atoms with Gasteiger partial charge in [0.1, 0.15) is 0 Å². The fourth-order valence-electron chi connectivity index (χ4n) is 2.69. The first kappa shape index (κ1) is 17.5. The number of nitrogens with one attached hydrogen (secondary N) is 3. The summed E-state index contributed by atoms with van der Waals surface area (Å²) in [5.74, 6) is 0. The van der Waals surface area contributed by atoms with E-state index in [-0.39, 0.29) is 0 Å². The van der Waals surface area contributed by atoms with Gasteiger partial charge in [0.15, 0.2) is 5.11 Å². The minimum atomic E-state index is 0.631. The summed E-state index contributed by atoms with van der Waals surface area (Å²) in [6.07, 6.45) is 0.876. The highest BCUT2D eigenvalue weighted by Gasteiger charge is 2.09. The van der Waals surface area contributed by atoms with Gasteiger partial charge in [0.05, 0.1) is 0 Å². The van der Waals surface area contributed by atoms with Crippen molar-refractivity contribution in [1.29, 1.82) is 0 Å². The molecule has 0 aliphatic carbocycles. The molecular formula is C18H17ClIN3S. The third-order valence-electron chi connectivity index (χ3n) is 3.84. The molecule has 1 aromatic heterocycles. The highest BCUT2D eigenvalue weighted by atomic mass is 127. The zero-order valence-corrected chi connectivity index (χ0v) is 16.8. The average Bonchev–Trinajstić information content (AvgIpc) is 2.85. The van der Waals surface area contributed by atoms with Crippen LogP contribution in [0.3, 0.4) is 0 Å². The molecule has 3 nitrogen and oxygen atoms in total. The predicted molar refractivity (Wildman–Crippen MR) is 115 cm³/mol. The third-order valence-corrected chi connectivity index (χ3v) is 5.04. The van der Waals surface area contributed by atoms with Crippen molar-refractivity contribution in [2.24, 2.45) is 0 Å². The van der Waals surface area contributed by atoms with E-state index >= 15 is 0 Å². The molecule has 0 saturated carbocycles. The molecule has 24 heavy (non-hydrogen) atoms. The first-order chi connectivity index (χ1) is 11.5. The third kappa shape index (κ3) is 4.20. The molecule has 0 radical (unpaired) electrons. The Kier molecular flexibility index (Phi) is 5.63. The van der Waals surface area contributed by atoms with E-state index in [1.807, 2.05) is 42.5 Å². The molecular weight excluding hydrogens is 453 g/mol. The lowest BCUT2D eigenvalue weighted by Gasteiger charge is -2.11. The van der Waals surface area contributed by atoms with Crippen LogP contribution in [-0.4, -0.2) is 16.6 Å². The van der Waals surface area contributed by atoms with Crippen molar-refractivity contribution in [2.75, 3.05) is 11.9 Å². The largest absolute Gasteiger partial charge is 0.362 e. The molecule has 0 unspecified atom stereocenters. The highest BCUT2D eigenvalue weighted by molar-refractivity contribution is 14.1. The van der Waals surface area contributed by atoms with E-state index in [1.54, 1.807) is 0 Å². The quantitative estimate of drug-likeness (QED) is 0.360. The molecule has 0 bridgehead atoms. The van der Waals surface area contributed by atoms with Gasteiger partial charge in [-0.2, -0.15) is 0 Å². The molecule has 0 aliphatic heterocycles. The number of rotatable bonds is 4. The first-order valence-electron chi connectivity index (χ1n) is 7.60. The van der Waals surface area contributed by atoms with Gasteiger partial charge >= 0.3 is 0 Å².